The zero-order chi connectivity index (χ0) is 9.78. The topological polar surface area (TPSA) is 26.3 Å². The number of halogens is 1. The molecular formula is C8H16FO2P. The average molecular weight is 194 g/mol. The number of carbonyl (C=O) groups excluding carboxylic acids is 1. The van der Waals surface area contributed by atoms with Crippen molar-refractivity contribution in [2.45, 2.75) is 25.7 Å². The summed E-state index contributed by atoms with van der Waals surface area (Å²) in [5.41, 5.74) is 0. The van der Waals surface area contributed by atoms with Crippen LogP contribution in [0.2, 0.25) is 0 Å². The molecule has 72 valence electrons. The Morgan fingerprint density at radius 1 is 1.50 bits per heavy atom. The predicted molar refractivity (Wildman–Crippen MR) is 49.5 cm³/mol. The lowest BCUT2D eigenvalue weighted by atomic mass is 10.3. The van der Waals surface area contributed by atoms with Crippen molar-refractivity contribution in [3.63, 3.8) is 0 Å². The molecule has 0 saturated carbocycles. The average Bonchev–Trinajstić information content (AvgIpc) is 2.03. The van der Waals surface area contributed by atoms with Crippen LogP contribution < -0.4 is 0 Å². The normalized spacial score (nSPS) is 15.8. The number of rotatable bonds is 4. The fourth-order valence-corrected chi connectivity index (χ4v) is 1.95. The number of ether oxygens (including phenoxy) is 1. The third kappa shape index (κ3) is 2.41. The van der Waals surface area contributed by atoms with Gasteiger partial charge < -0.3 is 4.74 Å². The molecule has 1 atom stereocenters. The highest BCUT2D eigenvalue weighted by Crippen LogP contribution is 2.47. The second-order valence-electron chi connectivity index (χ2n) is 2.73. The molecular weight excluding hydrogens is 178 g/mol. The third-order valence-corrected chi connectivity index (χ3v) is 3.68. The van der Waals surface area contributed by atoms with Gasteiger partial charge in [0.2, 0.25) is 5.41 Å². The smallest absolute Gasteiger partial charge is 0.348 e. The van der Waals surface area contributed by atoms with Crippen molar-refractivity contribution in [1.29, 1.82) is 0 Å². The van der Waals surface area contributed by atoms with Gasteiger partial charge in [-0.05, 0) is 26.7 Å². The molecule has 0 aromatic rings. The Kier molecular flexibility index (Phi) is 4.69. The molecule has 12 heavy (non-hydrogen) atoms. The van der Waals surface area contributed by atoms with E-state index in [-0.39, 0.29) is 13.0 Å². The first-order valence-corrected chi connectivity index (χ1v) is 6.26. The van der Waals surface area contributed by atoms with Crippen LogP contribution >= 0.6 is 7.92 Å². The summed E-state index contributed by atoms with van der Waals surface area (Å²) >= 11 is 0. The molecule has 0 bridgehead atoms. The van der Waals surface area contributed by atoms with Gasteiger partial charge in [-0.25, -0.2) is 9.18 Å². The van der Waals surface area contributed by atoms with E-state index < -0.39 is 19.3 Å². The number of alkyl halides is 1. The monoisotopic (exact) mass is 194 g/mol. The largest absolute Gasteiger partial charge is 0.463 e. The van der Waals surface area contributed by atoms with E-state index in [1.165, 1.54) is 0 Å². The minimum Gasteiger partial charge on any atom is -0.463 e. The van der Waals surface area contributed by atoms with Crippen molar-refractivity contribution in [3.05, 3.63) is 0 Å². The number of hydrogen-bond donors (Lipinski definition) is 0. The first kappa shape index (κ1) is 11.8. The molecule has 0 fully saturated rings. The van der Waals surface area contributed by atoms with E-state index in [2.05, 4.69) is 4.74 Å². The lowest BCUT2D eigenvalue weighted by molar-refractivity contribution is -0.151. The van der Waals surface area contributed by atoms with Crippen LogP contribution in [-0.4, -0.2) is 31.3 Å². The molecule has 0 rings (SSSR count). The van der Waals surface area contributed by atoms with Crippen LogP contribution in [0.3, 0.4) is 0 Å². The fraction of sp³-hybridized carbons (Fsp3) is 0.875. The summed E-state index contributed by atoms with van der Waals surface area (Å²) in [6.07, 6.45) is 0.199. The molecule has 0 aliphatic carbocycles. The second kappa shape index (κ2) is 4.76. The summed E-state index contributed by atoms with van der Waals surface area (Å²) in [6.45, 7) is 7.08. The highest BCUT2D eigenvalue weighted by molar-refractivity contribution is 7.58. The molecule has 0 radical (unpaired) electrons. The Hall–Kier alpha value is -0.170. The van der Waals surface area contributed by atoms with Crippen LogP contribution in [0.1, 0.15) is 20.3 Å². The van der Waals surface area contributed by atoms with Gasteiger partial charge in [0, 0.05) is 0 Å². The molecule has 0 heterocycles. The Balaban J connectivity index is 4.40. The highest BCUT2D eigenvalue weighted by atomic mass is 31.1. The van der Waals surface area contributed by atoms with Crippen molar-refractivity contribution in [1.82, 2.24) is 0 Å². The lowest BCUT2D eigenvalue weighted by Crippen LogP contribution is -2.32. The van der Waals surface area contributed by atoms with E-state index in [0.29, 0.717) is 0 Å². The van der Waals surface area contributed by atoms with Crippen molar-refractivity contribution < 1.29 is 13.9 Å². The van der Waals surface area contributed by atoms with Crippen molar-refractivity contribution in [3.8, 4) is 0 Å². The van der Waals surface area contributed by atoms with E-state index in [1.54, 1.807) is 27.2 Å². The minimum absolute atomic E-state index is 0.199. The fourth-order valence-electron chi connectivity index (χ4n) is 0.885. The zero-order valence-corrected chi connectivity index (χ0v) is 8.95. The molecule has 1 unspecified atom stereocenters. The quantitative estimate of drug-likeness (QED) is 0.507. The highest BCUT2D eigenvalue weighted by Gasteiger charge is 2.41. The molecule has 0 saturated heterocycles. The van der Waals surface area contributed by atoms with Gasteiger partial charge in [-0.1, -0.05) is 14.8 Å². The maximum absolute atomic E-state index is 13.8. The first-order valence-electron chi connectivity index (χ1n) is 4.02. The van der Waals surface area contributed by atoms with E-state index in [1.807, 2.05) is 0 Å². The summed E-state index contributed by atoms with van der Waals surface area (Å²) in [7, 11) is -0.938. The molecule has 0 aromatic heterocycles. The van der Waals surface area contributed by atoms with Crippen LogP contribution in [0.15, 0.2) is 0 Å². The molecule has 0 aliphatic rings. The van der Waals surface area contributed by atoms with E-state index >= 15 is 0 Å². The Labute approximate surface area is 74.2 Å². The Morgan fingerprint density at radius 3 is 2.25 bits per heavy atom. The number of esters is 1. The van der Waals surface area contributed by atoms with Gasteiger partial charge in [0.25, 0.3) is 0 Å². The van der Waals surface area contributed by atoms with Crippen molar-refractivity contribution in [2.75, 3.05) is 19.9 Å². The zero-order valence-electron chi connectivity index (χ0n) is 8.06. The second-order valence-corrected chi connectivity index (χ2v) is 5.23. The van der Waals surface area contributed by atoms with Gasteiger partial charge in [-0.15, -0.1) is 0 Å². The molecule has 0 aliphatic heterocycles. The summed E-state index contributed by atoms with van der Waals surface area (Å²) < 4.78 is 18.4. The third-order valence-electron chi connectivity index (χ3n) is 1.77. The number of carbonyl (C=O) groups is 1. The van der Waals surface area contributed by atoms with Gasteiger partial charge in [0.1, 0.15) is 0 Å². The van der Waals surface area contributed by atoms with Gasteiger partial charge in [-0.2, -0.15) is 0 Å². The number of hydrogen-bond acceptors (Lipinski definition) is 2. The first-order chi connectivity index (χ1) is 5.49. The SMILES string of the molecule is CCOC(=O)C(F)(CC)P(C)C. The summed E-state index contributed by atoms with van der Waals surface area (Å²) in [6, 6.07) is 0. The van der Waals surface area contributed by atoms with Crippen LogP contribution in [0, 0.1) is 0 Å². The predicted octanol–water partition coefficient (Wildman–Crippen LogP) is 2.37. The van der Waals surface area contributed by atoms with Gasteiger partial charge >= 0.3 is 5.97 Å². The molecule has 0 aromatic carbocycles. The molecule has 4 heteroatoms. The molecule has 0 spiro atoms. The summed E-state index contributed by atoms with van der Waals surface area (Å²) in [5, 5.41) is -1.74. The van der Waals surface area contributed by atoms with Crippen LogP contribution in [0.25, 0.3) is 0 Å². The Bertz CT molecular complexity index is 161. The van der Waals surface area contributed by atoms with Crippen LogP contribution in [-0.2, 0) is 9.53 Å². The summed E-state index contributed by atoms with van der Waals surface area (Å²) in [4.78, 5) is 11.2. The molecule has 2 nitrogen and oxygen atoms in total. The summed E-state index contributed by atoms with van der Waals surface area (Å²) in [5.74, 6) is -0.705. The lowest BCUT2D eigenvalue weighted by Gasteiger charge is -2.25. The maximum atomic E-state index is 13.8. The van der Waals surface area contributed by atoms with E-state index in [9.17, 15) is 9.18 Å². The maximum Gasteiger partial charge on any atom is 0.348 e. The Morgan fingerprint density at radius 2 is 2.00 bits per heavy atom. The van der Waals surface area contributed by atoms with Gasteiger partial charge in [0.15, 0.2) is 0 Å². The standard InChI is InChI=1S/C8H16FO2P/c1-5-8(9,12(3)4)7(10)11-6-2/h5-6H2,1-4H3. The van der Waals surface area contributed by atoms with Crippen molar-refractivity contribution >= 4 is 13.9 Å². The van der Waals surface area contributed by atoms with Gasteiger partial charge in [-0.3, -0.25) is 0 Å². The van der Waals surface area contributed by atoms with E-state index in [0.717, 1.165) is 0 Å². The van der Waals surface area contributed by atoms with Crippen LogP contribution in [0.5, 0.6) is 0 Å². The molecule has 0 N–H and O–H groups in total. The minimum atomic E-state index is -1.74. The van der Waals surface area contributed by atoms with Crippen molar-refractivity contribution in [2.24, 2.45) is 0 Å². The van der Waals surface area contributed by atoms with Gasteiger partial charge in [0.05, 0.1) is 6.61 Å². The van der Waals surface area contributed by atoms with Crippen LogP contribution in [0.4, 0.5) is 4.39 Å². The van der Waals surface area contributed by atoms with E-state index in [4.69, 9.17) is 0 Å². The molecule has 0 amide bonds.